The molecule has 9 nitrogen and oxygen atoms in total. The number of amides is 1. The summed E-state index contributed by atoms with van der Waals surface area (Å²) >= 11 is 0. The fraction of sp³-hybridized carbons (Fsp3) is 0.562. The van der Waals surface area contributed by atoms with Gasteiger partial charge in [-0.3, -0.25) is 14.9 Å². The van der Waals surface area contributed by atoms with E-state index < -0.39 is 10.8 Å². The molecule has 2 N–H and O–H groups in total. The highest BCUT2D eigenvalue weighted by Gasteiger charge is 2.30. The van der Waals surface area contributed by atoms with Crippen molar-refractivity contribution in [2.75, 3.05) is 40.5 Å². The third kappa shape index (κ3) is 5.20. The Morgan fingerprint density at radius 1 is 1.35 bits per heavy atom. The highest BCUT2D eigenvalue weighted by molar-refractivity contribution is 5.99. The van der Waals surface area contributed by atoms with Crippen LogP contribution >= 0.6 is 12.4 Å². The van der Waals surface area contributed by atoms with Crippen LogP contribution in [-0.4, -0.2) is 62.3 Å². The molecule has 0 aromatic heterocycles. The van der Waals surface area contributed by atoms with E-state index in [1.165, 1.54) is 26.4 Å². The normalized spacial score (nSPS) is 16.6. The van der Waals surface area contributed by atoms with Crippen molar-refractivity contribution < 1.29 is 23.9 Å². The molecule has 1 fully saturated rings. The van der Waals surface area contributed by atoms with E-state index in [9.17, 15) is 14.9 Å². The number of benzene rings is 1. The minimum Gasteiger partial charge on any atom is -0.493 e. The number of nitro benzene ring substituents is 1. The van der Waals surface area contributed by atoms with Gasteiger partial charge in [-0.05, 0) is 12.8 Å². The van der Waals surface area contributed by atoms with E-state index in [0.29, 0.717) is 19.7 Å². The number of nitro groups is 1. The minimum atomic E-state index is -0.597. The zero-order valence-corrected chi connectivity index (χ0v) is 15.6. The van der Waals surface area contributed by atoms with E-state index in [4.69, 9.17) is 19.9 Å². The number of methoxy groups -OCH3 is 2. The number of rotatable bonds is 7. The van der Waals surface area contributed by atoms with Crippen molar-refractivity contribution in [3.8, 4) is 11.5 Å². The standard InChI is InChI=1S/C16H23N3O6.ClH/c1-23-6-7-25-15-9-13(19(21)22)12(8-14(15)24-2)16(20)18-5-3-4-11(17)10-18;/h8-9,11H,3-7,10,17H2,1-2H3;1H. The number of hydrogen-bond acceptors (Lipinski definition) is 7. The summed E-state index contributed by atoms with van der Waals surface area (Å²) in [5.41, 5.74) is 5.55. The summed E-state index contributed by atoms with van der Waals surface area (Å²) in [5.74, 6) is 0.0214. The highest BCUT2D eigenvalue weighted by Crippen LogP contribution is 2.35. The molecule has 1 atom stereocenters. The van der Waals surface area contributed by atoms with Crippen LogP contribution in [0.15, 0.2) is 12.1 Å². The second-order valence-corrected chi connectivity index (χ2v) is 5.77. The first-order chi connectivity index (χ1) is 12.0. The average Bonchev–Trinajstić information content (AvgIpc) is 2.60. The highest BCUT2D eigenvalue weighted by atomic mass is 35.5. The van der Waals surface area contributed by atoms with Crippen molar-refractivity contribution >= 4 is 24.0 Å². The van der Waals surface area contributed by atoms with E-state index in [0.717, 1.165) is 12.8 Å². The fourth-order valence-corrected chi connectivity index (χ4v) is 2.74. The van der Waals surface area contributed by atoms with Gasteiger partial charge in [0.05, 0.1) is 24.7 Å². The lowest BCUT2D eigenvalue weighted by atomic mass is 10.0. The predicted octanol–water partition coefficient (Wildman–Crippen LogP) is 1.61. The van der Waals surface area contributed by atoms with Gasteiger partial charge in [-0.2, -0.15) is 0 Å². The summed E-state index contributed by atoms with van der Waals surface area (Å²) in [4.78, 5) is 25.1. The molecule has 0 spiro atoms. The molecule has 146 valence electrons. The zero-order valence-electron chi connectivity index (χ0n) is 14.8. The Morgan fingerprint density at radius 3 is 2.65 bits per heavy atom. The van der Waals surface area contributed by atoms with Crippen molar-refractivity contribution in [3.05, 3.63) is 27.8 Å². The zero-order chi connectivity index (χ0) is 18.4. The van der Waals surface area contributed by atoms with Crippen molar-refractivity contribution in [1.29, 1.82) is 0 Å². The van der Waals surface area contributed by atoms with Gasteiger partial charge >= 0.3 is 0 Å². The van der Waals surface area contributed by atoms with Crippen LogP contribution in [0.5, 0.6) is 11.5 Å². The largest absolute Gasteiger partial charge is 0.493 e. The molecule has 26 heavy (non-hydrogen) atoms. The first kappa shape index (κ1) is 21.9. The molecule has 1 unspecified atom stereocenters. The van der Waals surface area contributed by atoms with Crippen LogP contribution in [0.2, 0.25) is 0 Å². The molecule has 1 amide bonds. The number of carbonyl (C=O) groups is 1. The fourth-order valence-electron chi connectivity index (χ4n) is 2.74. The molecule has 0 aliphatic carbocycles. The quantitative estimate of drug-likeness (QED) is 0.427. The second kappa shape index (κ2) is 10.1. The predicted molar refractivity (Wildman–Crippen MR) is 97.4 cm³/mol. The summed E-state index contributed by atoms with van der Waals surface area (Å²) in [6, 6.07) is 2.45. The maximum atomic E-state index is 12.8. The molecule has 10 heteroatoms. The molecule has 1 aromatic rings. The number of carbonyl (C=O) groups excluding carboxylic acids is 1. The topological polar surface area (TPSA) is 117 Å². The van der Waals surface area contributed by atoms with Gasteiger partial charge in [0.2, 0.25) is 0 Å². The van der Waals surface area contributed by atoms with Gasteiger partial charge in [-0.25, -0.2) is 0 Å². The number of piperidine rings is 1. The second-order valence-electron chi connectivity index (χ2n) is 5.77. The van der Waals surface area contributed by atoms with Crippen LogP contribution in [0.1, 0.15) is 23.2 Å². The summed E-state index contributed by atoms with van der Waals surface area (Å²) in [6.45, 7) is 1.43. The van der Waals surface area contributed by atoms with Gasteiger partial charge < -0.3 is 24.8 Å². The van der Waals surface area contributed by atoms with Crippen LogP contribution in [0.3, 0.4) is 0 Å². The Balaban J connectivity index is 0.00000338. The van der Waals surface area contributed by atoms with Crippen LogP contribution in [0, 0.1) is 10.1 Å². The van der Waals surface area contributed by atoms with E-state index >= 15 is 0 Å². The molecular weight excluding hydrogens is 366 g/mol. The van der Waals surface area contributed by atoms with Crippen molar-refractivity contribution in [1.82, 2.24) is 4.90 Å². The Bertz CT molecular complexity index is 643. The van der Waals surface area contributed by atoms with Crippen LogP contribution in [0.4, 0.5) is 5.69 Å². The lowest BCUT2D eigenvalue weighted by Gasteiger charge is -2.30. The van der Waals surface area contributed by atoms with Gasteiger partial charge in [0, 0.05) is 32.3 Å². The Hall–Kier alpha value is -2.10. The SMILES string of the molecule is COCCOc1cc([N+](=O)[O-])c(C(=O)N2CCCC(N)C2)cc1OC.Cl. The molecule has 1 aliphatic rings. The van der Waals surface area contributed by atoms with Crippen molar-refractivity contribution in [2.24, 2.45) is 5.73 Å². The summed E-state index contributed by atoms with van der Waals surface area (Å²) in [7, 11) is 2.93. The number of nitrogens with zero attached hydrogens (tertiary/aromatic N) is 2. The first-order valence-corrected chi connectivity index (χ1v) is 8.01. The third-order valence-electron chi connectivity index (χ3n) is 4.00. The molecule has 1 saturated heterocycles. The van der Waals surface area contributed by atoms with Gasteiger partial charge in [0.15, 0.2) is 11.5 Å². The summed E-state index contributed by atoms with van der Waals surface area (Å²) < 4.78 is 15.6. The van der Waals surface area contributed by atoms with Gasteiger partial charge in [-0.1, -0.05) is 0 Å². The van der Waals surface area contributed by atoms with Crippen LogP contribution < -0.4 is 15.2 Å². The van der Waals surface area contributed by atoms with E-state index in [1.807, 2.05) is 0 Å². The van der Waals surface area contributed by atoms with Gasteiger partial charge in [0.1, 0.15) is 12.2 Å². The Labute approximate surface area is 157 Å². The Kier molecular flexibility index (Phi) is 8.56. The number of ether oxygens (including phenoxy) is 3. The monoisotopic (exact) mass is 389 g/mol. The molecule has 1 aromatic carbocycles. The lowest BCUT2D eigenvalue weighted by molar-refractivity contribution is -0.385. The lowest BCUT2D eigenvalue weighted by Crippen LogP contribution is -2.45. The smallest absolute Gasteiger partial charge is 0.286 e. The van der Waals surface area contributed by atoms with E-state index in [1.54, 1.807) is 4.90 Å². The maximum Gasteiger partial charge on any atom is 0.286 e. The molecular formula is C16H24ClN3O6. The third-order valence-corrected chi connectivity index (χ3v) is 4.00. The molecule has 1 aliphatic heterocycles. The van der Waals surface area contributed by atoms with Gasteiger partial charge in [0.25, 0.3) is 11.6 Å². The molecule has 2 rings (SSSR count). The molecule has 1 heterocycles. The first-order valence-electron chi connectivity index (χ1n) is 8.01. The summed E-state index contributed by atoms with van der Waals surface area (Å²) in [5, 5.41) is 11.4. The maximum absolute atomic E-state index is 12.8. The molecule has 0 radical (unpaired) electrons. The van der Waals surface area contributed by atoms with E-state index in [-0.39, 0.29) is 47.8 Å². The number of hydrogen-bond donors (Lipinski definition) is 1. The number of likely N-dealkylation sites (tertiary alicyclic amines) is 1. The molecule has 0 bridgehead atoms. The van der Waals surface area contributed by atoms with Gasteiger partial charge in [-0.15, -0.1) is 12.4 Å². The van der Waals surface area contributed by atoms with Crippen LogP contribution in [-0.2, 0) is 4.74 Å². The van der Waals surface area contributed by atoms with E-state index in [2.05, 4.69) is 0 Å². The minimum absolute atomic E-state index is 0. The van der Waals surface area contributed by atoms with Crippen molar-refractivity contribution in [3.63, 3.8) is 0 Å². The van der Waals surface area contributed by atoms with Crippen LogP contribution in [0.25, 0.3) is 0 Å². The number of halogens is 1. The van der Waals surface area contributed by atoms with Crippen molar-refractivity contribution in [2.45, 2.75) is 18.9 Å². The number of nitrogens with two attached hydrogens (primary N) is 1. The Morgan fingerprint density at radius 2 is 2.08 bits per heavy atom. The molecule has 0 saturated carbocycles. The average molecular weight is 390 g/mol. The summed E-state index contributed by atoms with van der Waals surface area (Å²) in [6.07, 6.45) is 1.61.